The molecule has 2 rings (SSSR count). The number of amides is 1. The third-order valence-electron chi connectivity index (χ3n) is 3.12. The van der Waals surface area contributed by atoms with E-state index >= 15 is 0 Å². The molecule has 22 heavy (non-hydrogen) atoms. The van der Waals surface area contributed by atoms with E-state index in [9.17, 15) is 4.79 Å². The summed E-state index contributed by atoms with van der Waals surface area (Å²) in [7, 11) is 0. The number of halogens is 1. The van der Waals surface area contributed by atoms with Crippen molar-refractivity contribution in [1.82, 2.24) is 0 Å². The van der Waals surface area contributed by atoms with Gasteiger partial charge in [0.15, 0.2) is 12.4 Å². The lowest BCUT2D eigenvalue weighted by Crippen LogP contribution is -3.00. The highest BCUT2D eigenvalue weighted by Gasteiger charge is 2.04. The Bertz CT molecular complexity index is 638. The van der Waals surface area contributed by atoms with Crippen molar-refractivity contribution < 1.29 is 26.3 Å². The molecule has 0 fully saturated rings. The Labute approximate surface area is 141 Å². The Morgan fingerprint density at radius 3 is 2.64 bits per heavy atom. The summed E-state index contributed by atoms with van der Waals surface area (Å²) in [6.07, 6.45) is 6.33. The molecule has 1 aromatic heterocycles. The lowest BCUT2D eigenvalue weighted by Gasteiger charge is -2.04. The van der Waals surface area contributed by atoms with E-state index in [2.05, 4.69) is 16.0 Å². The standard InChI is InChI=1S/C17H17N3O.BrH/c18-14-15-7-6-8-16(13-15)19-17(21)9-2-5-12-20-10-3-1-4-11-20;/h1,3-4,6-8,10-11,13H,2,5,9,12H2;1H. The molecule has 1 amide bonds. The molecule has 4 nitrogen and oxygen atoms in total. The van der Waals surface area contributed by atoms with Crippen molar-refractivity contribution in [1.29, 1.82) is 5.26 Å². The summed E-state index contributed by atoms with van der Waals surface area (Å²) in [5.41, 5.74) is 1.23. The number of carbonyl (C=O) groups excluding carboxylic acids is 1. The number of hydrogen-bond donors (Lipinski definition) is 1. The lowest BCUT2D eigenvalue weighted by atomic mass is 10.2. The third-order valence-corrected chi connectivity index (χ3v) is 3.12. The van der Waals surface area contributed by atoms with E-state index in [1.54, 1.807) is 24.3 Å². The van der Waals surface area contributed by atoms with Crippen LogP contribution in [0.2, 0.25) is 0 Å². The first-order valence-corrected chi connectivity index (χ1v) is 7.02. The fourth-order valence-electron chi connectivity index (χ4n) is 2.05. The van der Waals surface area contributed by atoms with Crippen LogP contribution in [0.25, 0.3) is 0 Å². The fourth-order valence-corrected chi connectivity index (χ4v) is 2.05. The summed E-state index contributed by atoms with van der Waals surface area (Å²) in [6.45, 7) is 0.915. The average molecular weight is 360 g/mol. The number of unbranched alkanes of at least 4 members (excludes halogenated alkanes) is 1. The maximum absolute atomic E-state index is 11.8. The molecular formula is C17H18BrN3O. The molecule has 114 valence electrons. The first-order chi connectivity index (χ1) is 10.3. The molecule has 0 unspecified atom stereocenters. The zero-order valence-electron chi connectivity index (χ0n) is 12.2. The van der Waals surface area contributed by atoms with Crippen LogP contribution in [0.4, 0.5) is 5.69 Å². The number of pyridine rings is 1. The average Bonchev–Trinajstić information content (AvgIpc) is 2.53. The zero-order valence-corrected chi connectivity index (χ0v) is 13.8. The first kappa shape index (κ1) is 17.9. The Kier molecular flexibility index (Phi) is 7.87. The Morgan fingerprint density at radius 2 is 1.91 bits per heavy atom. The van der Waals surface area contributed by atoms with Gasteiger partial charge in [0.25, 0.3) is 0 Å². The summed E-state index contributed by atoms with van der Waals surface area (Å²) in [6, 6.07) is 15.0. The van der Waals surface area contributed by atoms with Crippen molar-refractivity contribution >= 4 is 11.6 Å². The number of rotatable bonds is 6. The molecule has 2 aromatic rings. The highest BCUT2D eigenvalue weighted by Crippen LogP contribution is 2.10. The normalized spacial score (nSPS) is 9.41. The molecule has 1 N–H and O–H groups in total. The van der Waals surface area contributed by atoms with Gasteiger partial charge < -0.3 is 22.3 Å². The lowest BCUT2D eigenvalue weighted by molar-refractivity contribution is -0.697. The molecule has 0 aliphatic heterocycles. The highest BCUT2D eigenvalue weighted by molar-refractivity contribution is 5.90. The number of aryl methyl sites for hydroxylation is 1. The van der Waals surface area contributed by atoms with Gasteiger partial charge in [-0.15, -0.1) is 0 Å². The largest absolute Gasteiger partial charge is 1.00 e. The van der Waals surface area contributed by atoms with Crippen LogP contribution in [0.3, 0.4) is 0 Å². The van der Waals surface area contributed by atoms with Gasteiger partial charge in [-0.3, -0.25) is 4.79 Å². The summed E-state index contributed by atoms with van der Waals surface area (Å²) in [5, 5.41) is 11.6. The number of aromatic nitrogens is 1. The minimum Gasteiger partial charge on any atom is -1.00 e. The van der Waals surface area contributed by atoms with E-state index in [0.717, 1.165) is 19.4 Å². The van der Waals surface area contributed by atoms with Crippen molar-refractivity contribution in [2.24, 2.45) is 0 Å². The van der Waals surface area contributed by atoms with Gasteiger partial charge in [-0.25, -0.2) is 4.57 Å². The van der Waals surface area contributed by atoms with E-state index in [1.165, 1.54) is 0 Å². The summed E-state index contributed by atoms with van der Waals surface area (Å²) in [5.74, 6) is -0.0110. The van der Waals surface area contributed by atoms with Crippen LogP contribution in [-0.4, -0.2) is 5.91 Å². The van der Waals surface area contributed by atoms with Gasteiger partial charge >= 0.3 is 0 Å². The van der Waals surface area contributed by atoms with Gasteiger partial charge in [-0.05, 0) is 24.6 Å². The number of nitrogens with zero attached hydrogens (tertiary/aromatic N) is 2. The smallest absolute Gasteiger partial charge is 0.224 e. The van der Waals surface area contributed by atoms with Crippen molar-refractivity contribution in [2.45, 2.75) is 25.8 Å². The van der Waals surface area contributed by atoms with E-state index < -0.39 is 0 Å². The van der Waals surface area contributed by atoms with Crippen molar-refractivity contribution in [3.05, 3.63) is 60.4 Å². The predicted octanol–water partition coefficient (Wildman–Crippen LogP) is -0.341. The van der Waals surface area contributed by atoms with Crippen molar-refractivity contribution in [2.75, 3.05) is 5.32 Å². The number of anilines is 1. The number of benzene rings is 1. The minimum absolute atomic E-state index is 0. The monoisotopic (exact) mass is 359 g/mol. The number of nitriles is 1. The Morgan fingerprint density at radius 1 is 1.14 bits per heavy atom. The van der Waals surface area contributed by atoms with Crippen LogP contribution in [0.15, 0.2) is 54.9 Å². The van der Waals surface area contributed by atoms with Crippen molar-refractivity contribution in [3.8, 4) is 6.07 Å². The van der Waals surface area contributed by atoms with Crippen LogP contribution in [-0.2, 0) is 11.3 Å². The van der Waals surface area contributed by atoms with E-state index in [0.29, 0.717) is 17.7 Å². The molecule has 0 spiro atoms. The molecule has 1 heterocycles. The second-order valence-electron chi connectivity index (χ2n) is 4.81. The summed E-state index contributed by atoms with van der Waals surface area (Å²) < 4.78 is 2.11. The SMILES string of the molecule is N#Cc1cccc(NC(=O)CCCC[n+]2ccccc2)c1.[Br-]. The maximum atomic E-state index is 11.8. The predicted molar refractivity (Wildman–Crippen MR) is 80.3 cm³/mol. The molecule has 0 saturated heterocycles. The van der Waals surface area contributed by atoms with E-state index in [4.69, 9.17) is 5.26 Å². The Hall–Kier alpha value is -2.19. The van der Waals surface area contributed by atoms with Crippen LogP contribution in [0.1, 0.15) is 24.8 Å². The van der Waals surface area contributed by atoms with Crippen LogP contribution >= 0.6 is 0 Å². The quantitative estimate of drug-likeness (QED) is 0.566. The van der Waals surface area contributed by atoms with Gasteiger partial charge in [-0.1, -0.05) is 12.1 Å². The number of nitrogens with one attached hydrogen (secondary N) is 1. The second kappa shape index (κ2) is 9.69. The van der Waals surface area contributed by atoms with Crippen molar-refractivity contribution in [3.63, 3.8) is 0 Å². The fraction of sp³-hybridized carbons (Fsp3) is 0.235. The topological polar surface area (TPSA) is 56.8 Å². The van der Waals surface area contributed by atoms with Gasteiger partial charge in [0.2, 0.25) is 5.91 Å². The Balaban J connectivity index is 0.00000242. The molecule has 0 radical (unpaired) electrons. The van der Waals surface area contributed by atoms with Crippen LogP contribution < -0.4 is 26.9 Å². The molecule has 0 saturated carbocycles. The molecule has 0 aliphatic carbocycles. The van der Waals surface area contributed by atoms with E-state index in [-0.39, 0.29) is 22.9 Å². The molecule has 5 heteroatoms. The summed E-state index contributed by atoms with van der Waals surface area (Å²) >= 11 is 0. The van der Waals surface area contributed by atoms with Gasteiger partial charge in [-0.2, -0.15) is 5.26 Å². The molecule has 0 atom stereocenters. The summed E-state index contributed by atoms with van der Waals surface area (Å²) in [4.78, 5) is 11.8. The molecule has 0 aliphatic rings. The van der Waals surface area contributed by atoms with Gasteiger partial charge in [0.05, 0.1) is 11.6 Å². The van der Waals surface area contributed by atoms with Gasteiger partial charge in [0.1, 0.15) is 6.54 Å². The van der Waals surface area contributed by atoms with Gasteiger partial charge in [0, 0.05) is 30.7 Å². The molecule has 0 bridgehead atoms. The van der Waals surface area contributed by atoms with Crippen LogP contribution in [0.5, 0.6) is 0 Å². The maximum Gasteiger partial charge on any atom is 0.224 e. The third kappa shape index (κ3) is 6.06. The van der Waals surface area contributed by atoms with Crippen LogP contribution in [0, 0.1) is 11.3 Å². The molecular weight excluding hydrogens is 342 g/mol. The zero-order chi connectivity index (χ0) is 14.9. The number of carbonyl (C=O) groups is 1. The van der Waals surface area contributed by atoms with E-state index in [1.807, 2.05) is 30.6 Å². The highest BCUT2D eigenvalue weighted by atomic mass is 79.9. The first-order valence-electron chi connectivity index (χ1n) is 7.02. The minimum atomic E-state index is -0.0110. The molecule has 1 aromatic carbocycles. The second-order valence-corrected chi connectivity index (χ2v) is 4.81. The number of hydrogen-bond acceptors (Lipinski definition) is 2.